The number of nitrogens with zero attached hydrogens (tertiary/aromatic N) is 2. The van der Waals surface area contributed by atoms with Crippen molar-refractivity contribution in [1.29, 1.82) is 0 Å². The van der Waals surface area contributed by atoms with Gasteiger partial charge in [-0.15, -0.1) is 0 Å². The van der Waals surface area contributed by atoms with Crippen molar-refractivity contribution in [2.75, 3.05) is 44.7 Å². The Labute approximate surface area is 155 Å². The van der Waals surface area contributed by atoms with E-state index in [-0.39, 0.29) is 18.0 Å². The SMILES string of the molecule is CCN(CC)CCCNC(=O)N[C@@H]1CC(=O)N(c2ccc(OC)cc2)C1. The number of methoxy groups -OCH3 is 1. The number of hydrogen-bond acceptors (Lipinski definition) is 4. The molecule has 3 amide bonds. The monoisotopic (exact) mass is 362 g/mol. The first kappa shape index (κ1) is 20.0. The maximum Gasteiger partial charge on any atom is 0.315 e. The zero-order chi connectivity index (χ0) is 18.9. The van der Waals surface area contributed by atoms with Crippen LogP contribution in [-0.2, 0) is 4.79 Å². The number of amides is 3. The van der Waals surface area contributed by atoms with Gasteiger partial charge >= 0.3 is 6.03 Å². The van der Waals surface area contributed by atoms with Crippen molar-refractivity contribution in [3.05, 3.63) is 24.3 Å². The van der Waals surface area contributed by atoms with Crippen LogP contribution in [0.3, 0.4) is 0 Å². The van der Waals surface area contributed by atoms with E-state index in [1.807, 2.05) is 24.3 Å². The van der Waals surface area contributed by atoms with Crippen molar-refractivity contribution >= 4 is 17.6 Å². The van der Waals surface area contributed by atoms with Crippen LogP contribution in [0.1, 0.15) is 26.7 Å². The highest BCUT2D eigenvalue weighted by atomic mass is 16.5. The van der Waals surface area contributed by atoms with Crippen LogP contribution in [0.4, 0.5) is 10.5 Å². The number of rotatable bonds is 9. The summed E-state index contributed by atoms with van der Waals surface area (Å²) >= 11 is 0. The summed E-state index contributed by atoms with van der Waals surface area (Å²) in [7, 11) is 1.61. The molecule has 0 aliphatic carbocycles. The normalized spacial score (nSPS) is 16.8. The molecule has 7 nitrogen and oxygen atoms in total. The van der Waals surface area contributed by atoms with Crippen LogP contribution in [0.2, 0.25) is 0 Å². The molecule has 1 fully saturated rings. The topological polar surface area (TPSA) is 73.9 Å². The summed E-state index contributed by atoms with van der Waals surface area (Å²) in [5.74, 6) is 0.765. The molecule has 1 aromatic rings. The summed E-state index contributed by atoms with van der Waals surface area (Å²) < 4.78 is 5.14. The van der Waals surface area contributed by atoms with E-state index in [1.165, 1.54) is 0 Å². The van der Waals surface area contributed by atoms with Gasteiger partial charge in [0, 0.05) is 25.2 Å². The van der Waals surface area contributed by atoms with Gasteiger partial charge in [-0.2, -0.15) is 0 Å². The maximum absolute atomic E-state index is 12.2. The van der Waals surface area contributed by atoms with Crippen LogP contribution in [0, 0.1) is 0 Å². The van der Waals surface area contributed by atoms with Crippen LogP contribution in [0.25, 0.3) is 0 Å². The van der Waals surface area contributed by atoms with Crippen LogP contribution in [0.15, 0.2) is 24.3 Å². The Morgan fingerprint density at radius 3 is 2.58 bits per heavy atom. The lowest BCUT2D eigenvalue weighted by Crippen LogP contribution is -2.44. The molecule has 7 heteroatoms. The Morgan fingerprint density at radius 2 is 1.96 bits per heavy atom. The molecule has 1 saturated heterocycles. The van der Waals surface area contributed by atoms with Crippen molar-refractivity contribution in [2.45, 2.75) is 32.7 Å². The molecule has 0 aromatic heterocycles. The first-order valence-electron chi connectivity index (χ1n) is 9.28. The smallest absolute Gasteiger partial charge is 0.315 e. The third kappa shape index (κ3) is 5.62. The highest BCUT2D eigenvalue weighted by molar-refractivity contribution is 5.96. The average Bonchev–Trinajstić information content (AvgIpc) is 3.02. The number of hydrogen-bond donors (Lipinski definition) is 2. The average molecular weight is 362 g/mol. The lowest BCUT2D eigenvalue weighted by Gasteiger charge is -2.19. The minimum absolute atomic E-state index is 0.0157. The summed E-state index contributed by atoms with van der Waals surface area (Å²) in [5, 5.41) is 5.77. The summed E-state index contributed by atoms with van der Waals surface area (Å²) in [6.07, 6.45) is 1.23. The maximum atomic E-state index is 12.2. The molecular formula is C19H30N4O3. The van der Waals surface area contributed by atoms with Crippen LogP contribution < -0.4 is 20.3 Å². The molecule has 1 aliphatic rings. The third-order valence-corrected chi connectivity index (χ3v) is 4.68. The van der Waals surface area contributed by atoms with Gasteiger partial charge in [-0.3, -0.25) is 4.79 Å². The van der Waals surface area contributed by atoms with E-state index in [0.717, 1.165) is 37.5 Å². The van der Waals surface area contributed by atoms with Crippen molar-refractivity contribution in [2.24, 2.45) is 0 Å². The molecule has 0 spiro atoms. The van der Waals surface area contributed by atoms with Crippen molar-refractivity contribution < 1.29 is 14.3 Å². The second-order valence-electron chi connectivity index (χ2n) is 6.38. The Bertz CT molecular complexity index is 587. The molecule has 1 aromatic carbocycles. The fourth-order valence-electron chi connectivity index (χ4n) is 3.10. The predicted molar refractivity (Wildman–Crippen MR) is 103 cm³/mol. The van der Waals surface area contributed by atoms with Gasteiger partial charge in [0.05, 0.1) is 13.2 Å². The molecule has 0 unspecified atom stereocenters. The highest BCUT2D eigenvalue weighted by Crippen LogP contribution is 2.24. The number of nitrogens with one attached hydrogen (secondary N) is 2. The van der Waals surface area contributed by atoms with Gasteiger partial charge in [-0.25, -0.2) is 4.79 Å². The Balaban J connectivity index is 1.74. The molecular weight excluding hydrogens is 332 g/mol. The summed E-state index contributed by atoms with van der Waals surface area (Å²) in [6.45, 7) is 8.40. The van der Waals surface area contributed by atoms with E-state index in [4.69, 9.17) is 4.74 Å². The fourth-order valence-corrected chi connectivity index (χ4v) is 3.10. The van der Waals surface area contributed by atoms with E-state index in [2.05, 4.69) is 29.4 Å². The number of benzene rings is 1. The minimum atomic E-state index is -0.209. The van der Waals surface area contributed by atoms with Gasteiger partial charge in [0.25, 0.3) is 0 Å². The molecule has 0 radical (unpaired) electrons. The molecule has 26 heavy (non-hydrogen) atoms. The van der Waals surface area contributed by atoms with Crippen LogP contribution in [0.5, 0.6) is 5.75 Å². The van der Waals surface area contributed by atoms with Gasteiger partial charge < -0.3 is 25.2 Å². The second-order valence-corrected chi connectivity index (χ2v) is 6.38. The molecule has 1 heterocycles. The van der Waals surface area contributed by atoms with Crippen LogP contribution >= 0.6 is 0 Å². The largest absolute Gasteiger partial charge is 0.497 e. The summed E-state index contributed by atoms with van der Waals surface area (Å²) in [6, 6.07) is 6.97. The Kier molecular flexibility index (Phi) is 7.72. The minimum Gasteiger partial charge on any atom is -0.497 e. The van der Waals surface area contributed by atoms with Gasteiger partial charge in [-0.1, -0.05) is 13.8 Å². The number of anilines is 1. The van der Waals surface area contributed by atoms with E-state index in [9.17, 15) is 9.59 Å². The lowest BCUT2D eigenvalue weighted by molar-refractivity contribution is -0.117. The first-order valence-corrected chi connectivity index (χ1v) is 9.28. The fraction of sp³-hybridized carbons (Fsp3) is 0.579. The zero-order valence-electron chi connectivity index (χ0n) is 16.0. The summed E-state index contributed by atoms with van der Waals surface area (Å²) in [5.41, 5.74) is 0.819. The van der Waals surface area contributed by atoms with E-state index in [1.54, 1.807) is 12.0 Å². The number of carbonyl (C=O) groups excluding carboxylic acids is 2. The molecule has 2 rings (SSSR count). The van der Waals surface area contributed by atoms with Crippen molar-refractivity contribution in [1.82, 2.24) is 15.5 Å². The van der Waals surface area contributed by atoms with E-state index in [0.29, 0.717) is 19.5 Å². The predicted octanol–water partition coefficient (Wildman–Crippen LogP) is 1.83. The van der Waals surface area contributed by atoms with E-state index < -0.39 is 0 Å². The van der Waals surface area contributed by atoms with Gasteiger partial charge in [-0.05, 0) is 50.3 Å². The Morgan fingerprint density at radius 1 is 1.27 bits per heavy atom. The van der Waals surface area contributed by atoms with Crippen molar-refractivity contribution in [3.63, 3.8) is 0 Å². The van der Waals surface area contributed by atoms with Gasteiger partial charge in [0.2, 0.25) is 5.91 Å². The molecule has 1 aliphatic heterocycles. The van der Waals surface area contributed by atoms with E-state index >= 15 is 0 Å². The van der Waals surface area contributed by atoms with Crippen LogP contribution in [-0.4, -0.2) is 62.7 Å². The second kappa shape index (κ2) is 10.0. The first-order chi connectivity index (χ1) is 12.6. The molecule has 1 atom stereocenters. The standard InChI is InChI=1S/C19H30N4O3/c1-4-22(5-2)12-6-11-20-19(25)21-15-13-18(24)23(14-15)16-7-9-17(26-3)10-8-16/h7-10,15H,4-6,11-14H2,1-3H3,(H2,20,21,25)/t15-/m1/s1. The lowest BCUT2D eigenvalue weighted by atomic mass is 10.2. The molecule has 2 N–H and O–H groups in total. The number of ether oxygens (including phenoxy) is 1. The molecule has 0 bridgehead atoms. The molecule has 144 valence electrons. The van der Waals surface area contributed by atoms with Crippen molar-refractivity contribution in [3.8, 4) is 5.75 Å². The Hall–Kier alpha value is -2.28. The highest BCUT2D eigenvalue weighted by Gasteiger charge is 2.31. The summed E-state index contributed by atoms with van der Waals surface area (Å²) in [4.78, 5) is 28.3. The number of urea groups is 1. The van der Waals surface area contributed by atoms with Gasteiger partial charge in [0.1, 0.15) is 5.75 Å². The zero-order valence-corrected chi connectivity index (χ0v) is 16.0. The third-order valence-electron chi connectivity index (χ3n) is 4.68. The molecule has 0 saturated carbocycles. The quantitative estimate of drug-likeness (QED) is 0.658. The van der Waals surface area contributed by atoms with Gasteiger partial charge in [0.15, 0.2) is 0 Å². The number of carbonyl (C=O) groups is 2.